The molecule has 1 aromatic heterocycles. The number of hydrogen-bond donors (Lipinski definition) is 1. The van der Waals surface area contributed by atoms with E-state index in [1.165, 1.54) is 30.5 Å². The monoisotopic (exact) mass is 361 g/mol. The zero-order chi connectivity index (χ0) is 18.8. The molecule has 0 fully saturated rings. The van der Waals surface area contributed by atoms with Crippen molar-refractivity contribution in [2.75, 3.05) is 5.32 Å². The first-order chi connectivity index (χ1) is 13.1. The summed E-state index contributed by atoms with van der Waals surface area (Å²) in [5.74, 6) is -0.661. The normalized spacial score (nSPS) is 15.9. The van der Waals surface area contributed by atoms with Crippen LogP contribution < -0.4 is 5.32 Å². The van der Waals surface area contributed by atoms with Crippen molar-refractivity contribution in [3.63, 3.8) is 0 Å². The molecule has 6 heteroatoms. The molecule has 1 aliphatic carbocycles. The summed E-state index contributed by atoms with van der Waals surface area (Å²) in [7, 11) is 0. The molecule has 0 spiro atoms. The SMILES string of the molecule is O=C(Nc1ncc2c(n1)CC(c1ccccc1)CC2=O)c1ccc(F)cc1. The van der Waals surface area contributed by atoms with E-state index < -0.39 is 11.7 Å². The fraction of sp³-hybridized carbons (Fsp3) is 0.143. The second-order valence-corrected chi connectivity index (χ2v) is 6.45. The van der Waals surface area contributed by atoms with Gasteiger partial charge in [0.05, 0.1) is 11.3 Å². The van der Waals surface area contributed by atoms with Crippen molar-refractivity contribution in [1.82, 2.24) is 9.97 Å². The summed E-state index contributed by atoms with van der Waals surface area (Å²) in [6.45, 7) is 0. The van der Waals surface area contributed by atoms with Crippen molar-refractivity contribution >= 4 is 17.6 Å². The number of nitrogens with one attached hydrogen (secondary N) is 1. The van der Waals surface area contributed by atoms with Gasteiger partial charge in [0.25, 0.3) is 5.91 Å². The molecule has 0 radical (unpaired) electrons. The van der Waals surface area contributed by atoms with Crippen LogP contribution in [0.1, 0.15) is 44.3 Å². The molecule has 5 nitrogen and oxygen atoms in total. The molecular weight excluding hydrogens is 345 g/mol. The van der Waals surface area contributed by atoms with Crippen LogP contribution in [0.25, 0.3) is 0 Å². The van der Waals surface area contributed by atoms with Crippen LogP contribution in [0.4, 0.5) is 10.3 Å². The van der Waals surface area contributed by atoms with Gasteiger partial charge in [-0.25, -0.2) is 14.4 Å². The maximum absolute atomic E-state index is 13.0. The largest absolute Gasteiger partial charge is 0.294 e. The minimum Gasteiger partial charge on any atom is -0.294 e. The van der Waals surface area contributed by atoms with Crippen molar-refractivity contribution in [3.05, 3.63) is 89.0 Å². The van der Waals surface area contributed by atoms with E-state index >= 15 is 0 Å². The second-order valence-electron chi connectivity index (χ2n) is 6.45. The van der Waals surface area contributed by atoms with Gasteiger partial charge in [-0.1, -0.05) is 30.3 Å². The highest BCUT2D eigenvalue weighted by atomic mass is 19.1. The third kappa shape index (κ3) is 3.60. The highest BCUT2D eigenvalue weighted by Crippen LogP contribution is 2.31. The molecule has 3 aromatic rings. The first-order valence-electron chi connectivity index (χ1n) is 8.61. The van der Waals surface area contributed by atoms with Gasteiger partial charge in [-0.3, -0.25) is 14.9 Å². The summed E-state index contributed by atoms with van der Waals surface area (Å²) in [6, 6.07) is 15.0. The quantitative estimate of drug-likeness (QED) is 0.771. The minimum atomic E-state index is -0.434. The zero-order valence-corrected chi connectivity index (χ0v) is 14.4. The Morgan fingerprint density at radius 2 is 1.78 bits per heavy atom. The first kappa shape index (κ1) is 17.0. The Balaban J connectivity index is 1.57. The van der Waals surface area contributed by atoms with Gasteiger partial charge >= 0.3 is 0 Å². The summed E-state index contributed by atoms with van der Waals surface area (Å²) < 4.78 is 13.0. The van der Waals surface area contributed by atoms with Crippen LogP contribution in [0.15, 0.2) is 60.8 Å². The Morgan fingerprint density at radius 3 is 2.52 bits per heavy atom. The third-order valence-corrected chi connectivity index (χ3v) is 4.64. The summed E-state index contributed by atoms with van der Waals surface area (Å²) in [6.07, 6.45) is 2.49. The van der Waals surface area contributed by atoms with Crippen LogP contribution in [-0.4, -0.2) is 21.7 Å². The standard InChI is InChI=1S/C21H16FN3O2/c22-16-8-6-14(7-9-16)20(27)25-21-23-12-17-18(24-21)10-15(11-19(17)26)13-4-2-1-3-5-13/h1-9,12,15H,10-11H2,(H,23,24,25,27). The number of fused-ring (bicyclic) bond motifs is 1. The van der Waals surface area contributed by atoms with Gasteiger partial charge in [-0.05, 0) is 42.2 Å². The number of halogens is 1. The van der Waals surface area contributed by atoms with E-state index in [1.807, 2.05) is 30.3 Å². The average Bonchev–Trinajstić information content (AvgIpc) is 2.69. The maximum atomic E-state index is 13.0. The number of rotatable bonds is 3. The summed E-state index contributed by atoms with van der Waals surface area (Å²) in [5, 5.41) is 2.60. The number of carbonyl (C=O) groups excluding carboxylic acids is 2. The van der Waals surface area contributed by atoms with Crippen LogP contribution in [0, 0.1) is 5.82 Å². The molecule has 1 N–H and O–H groups in total. The molecule has 1 amide bonds. The topological polar surface area (TPSA) is 72.0 Å². The molecule has 0 saturated carbocycles. The fourth-order valence-corrected chi connectivity index (χ4v) is 3.24. The number of carbonyl (C=O) groups is 2. The molecule has 1 unspecified atom stereocenters. The lowest BCUT2D eigenvalue weighted by Crippen LogP contribution is -2.22. The molecule has 1 aliphatic rings. The van der Waals surface area contributed by atoms with Gasteiger partial charge < -0.3 is 0 Å². The number of benzene rings is 2. The van der Waals surface area contributed by atoms with Crippen molar-refractivity contribution in [3.8, 4) is 0 Å². The molecule has 0 aliphatic heterocycles. The van der Waals surface area contributed by atoms with Crippen LogP contribution in [0.5, 0.6) is 0 Å². The molecule has 134 valence electrons. The predicted octanol–water partition coefficient (Wildman–Crippen LogP) is 3.78. The van der Waals surface area contributed by atoms with Crippen molar-refractivity contribution in [1.29, 1.82) is 0 Å². The summed E-state index contributed by atoms with van der Waals surface area (Å²) in [5.41, 5.74) is 2.52. The zero-order valence-electron chi connectivity index (χ0n) is 14.4. The smallest absolute Gasteiger partial charge is 0.258 e. The van der Waals surface area contributed by atoms with E-state index in [2.05, 4.69) is 15.3 Å². The molecule has 4 rings (SSSR count). The van der Waals surface area contributed by atoms with E-state index in [1.54, 1.807) is 0 Å². The Labute approximate surface area is 155 Å². The van der Waals surface area contributed by atoms with Gasteiger partial charge in [-0.15, -0.1) is 0 Å². The lowest BCUT2D eigenvalue weighted by Gasteiger charge is -2.23. The summed E-state index contributed by atoms with van der Waals surface area (Å²) in [4.78, 5) is 33.2. The van der Waals surface area contributed by atoms with E-state index in [0.29, 0.717) is 29.7 Å². The van der Waals surface area contributed by atoms with Crippen LogP contribution >= 0.6 is 0 Å². The predicted molar refractivity (Wildman–Crippen MR) is 98.2 cm³/mol. The van der Waals surface area contributed by atoms with Gasteiger partial charge in [-0.2, -0.15) is 0 Å². The Bertz CT molecular complexity index is 1000. The molecular formula is C21H16FN3O2. The van der Waals surface area contributed by atoms with Gasteiger partial charge in [0, 0.05) is 18.2 Å². The van der Waals surface area contributed by atoms with Crippen molar-refractivity contribution < 1.29 is 14.0 Å². The molecule has 1 heterocycles. The minimum absolute atomic E-state index is 0.00140. The number of ketones is 1. The van der Waals surface area contributed by atoms with Gasteiger partial charge in [0.2, 0.25) is 5.95 Å². The molecule has 27 heavy (non-hydrogen) atoms. The molecule has 2 aromatic carbocycles. The lowest BCUT2D eigenvalue weighted by atomic mass is 9.82. The van der Waals surface area contributed by atoms with E-state index in [0.717, 1.165) is 5.56 Å². The molecule has 0 saturated heterocycles. The third-order valence-electron chi connectivity index (χ3n) is 4.64. The Kier molecular flexibility index (Phi) is 4.46. The van der Waals surface area contributed by atoms with Crippen molar-refractivity contribution in [2.45, 2.75) is 18.8 Å². The van der Waals surface area contributed by atoms with E-state index in [4.69, 9.17) is 0 Å². The van der Waals surface area contributed by atoms with Crippen LogP contribution in [-0.2, 0) is 6.42 Å². The highest BCUT2D eigenvalue weighted by Gasteiger charge is 2.28. The molecule has 1 atom stereocenters. The molecule has 0 bridgehead atoms. The van der Waals surface area contributed by atoms with Crippen molar-refractivity contribution in [2.24, 2.45) is 0 Å². The highest BCUT2D eigenvalue weighted by molar-refractivity contribution is 6.03. The Morgan fingerprint density at radius 1 is 1.04 bits per heavy atom. The van der Waals surface area contributed by atoms with Crippen LogP contribution in [0.2, 0.25) is 0 Å². The van der Waals surface area contributed by atoms with Crippen LogP contribution in [0.3, 0.4) is 0 Å². The van der Waals surface area contributed by atoms with E-state index in [-0.39, 0.29) is 17.6 Å². The fourth-order valence-electron chi connectivity index (χ4n) is 3.24. The number of anilines is 1. The number of nitrogens with zero attached hydrogens (tertiary/aromatic N) is 2. The summed E-state index contributed by atoms with van der Waals surface area (Å²) >= 11 is 0. The first-order valence-corrected chi connectivity index (χ1v) is 8.61. The average molecular weight is 361 g/mol. The van der Waals surface area contributed by atoms with Gasteiger partial charge in [0.1, 0.15) is 5.82 Å². The van der Waals surface area contributed by atoms with Gasteiger partial charge in [0.15, 0.2) is 5.78 Å². The number of hydrogen-bond acceptors (Lipinski definition) is 4. The Hall–Kier alpha value is -3.41. The second kappa shape index (κ2) is 7.07. The number of Topliss-reactive ketones (excluding diaryl/α,β-unsaturated/α-hetero) is 1. The number of amides is 1. The number of aromatic nitrogens is 2. The maximum Gasteiger partial charge on any atom is 0.258 e. The van der Waals surface area contributed by atoms with E-state index in [9.17, 15) is 14.0 Å². The lowest BCUT2D eigenvalue weighted by molar-refractivity contribution is 0.0962.